The zero-order chi connectivity index (χ0) is 24.8. The van der Waals surface area contributed by atoms with Crippen molar-refractivity contribution < 1.29 is 32.1 Å². The Morgan fingerprint density at radius 2 is 1.70 bits per heavy atom. The molecule has 0 saturated carbocycles. The Kier molecular flexibility index (Phi) is 8.62. The van der Waals surface area contributed by atoms with Crippen molar-refractivity contribution in [3.63, 3.8) is 0 Å². The molecule has 0 spiro atoms. The first-order valence-corrected chi connectivity index (χ1v) is 12.0. The molecule has 0 aliphatic rings. The fraction of sp³-hybridized carbons (Fsp3) is 0.364. The van der Waals surface area contributed by atoms with Gasteiger partial charge >= 0.3 is 12.1 Å². The summed E-state index contributed by atoms with van der Waals surface area (Å²) in [5.74, 6) is -4.44. The van der Waals surface area contributed by atoms with E-state index in [-0.39, 0.29) is 23.6 Å². The van der Waals surface area contributed by atoms with Gasteiger partial charge in [-0.25, -0.2) is 4.21 Å². The largest absolute Gasteiger partial charge is 0.480 e. The second kappa shape index (κ2) is 10.8. The molecule has 0 fully saturated rings. The summed E-state index contributed by atoms with van der Waals surface area (Å²) in [5.41, 5.74) is 6.99. The van der Waals surface area contributed by atoms with E-state index in [4.69, 9.17) is 15.6 Å². The highest BCUT2D eigenvalue weighted by Crippen LogP contribution is 2.38. The predicted molar refractivity (Wildman–Crippen MR) is 120 cm³/mol. The van der Waals surface area contributed by atoms with Crippen LogP contribution in [0.1, 0.15) is 34.7 Å². The van der Waals surface area contributed by atoms with Gasteiger partial charge in [0.15, 0.2) is 0 Å². The molecule has 1 amide bonds. The first kappa shape index (κ1) is 26.3. The van der Waals surface area contributed by atoms with Crippen LogP contribution in [0.15, 0.2) is 48.5 Å². The number of rotatable bonds is 10. The average molecular weight is 486 g/mol. The summed E-state index contributed by atoms with van der Waals surface area (Å²) in [6.07, 6.45) is -5.44. The molecule has 0 heterocycles. The topological polar surface area (TPSA) is 133 Å². The van der Waals surface area contributed by atoms with Crippen LogP contribution in [0.4, 0.5) is 13.2 Å². The fourth-order valence-electron chi connectivity index (χ4n) is 3.26. The van der Waals surface area contributed by atoms with Gasteiger partial charge in [-0.15, -0.1) is 0 Å². The summed E-state index contributed by atoms with van der Waals surface area (Å²) in [4.78, 5) is 22.6. The molecule has 0 aromatic heterocycles. The number of nitrogens with two attached hydrogens (primary N) is 1. The van der Waals surface area contributed by atoms with Crippen molar-refractivity contribution in [2.75, 3.05) is 18.6 Å². The molecule has 0 saturated heterocycles. The third kappa shape index (κ3) is 7.57. The predicted octanol–water partition coefficient (Wildman–Crippen LogP) is 3.60. The van der Waals surface area contributed by atoms with E-state index in [1.807, 2.05) is 0 Å². The Bertz CT molecular complexity index is 1090. The van der Waals surface area contributed by atoms with Crippen molar-refractivity contribution in [3.8, 4) is 11.1 Å². The molecule has 2 aromatic rings. The summed E-state index contributed by atoms with van der Waals surface area (Å²) < 4.78 is 61.3. The monoisotopic (exact) mass is 485 g/mol. The molecular formula is C22H26F3N3O4S. The molecule has 0 radical (unpaired) electrons. The van der Waals surface area contributed by atoms with Gasteiger partial charge in [0.1, 0.15) is 6.04 Å². The van der Waals surface area contributed by atoms with Crippen LogP contribution in [0.5, 0.6) is 0 Å². The molecule has 0 aliphatic heterocycles. The van der Waals surface area contributed by atoms with E-state index in [1.165, 1.54) is 31.3 Å². The standard InChI is InChI=1S/C22H26F3N3O4S/c1-28-20(29)17-4-2-3-16(13-17)14-5-7-15(8-6-14)18(22(23,24)25)9-11-33(27,32)12-10-19(26)21(30)31/h2-8,13,18-19,27H,9-12,26H2,1H3,(H,28,29)(H,30,31)/t18?,19-,33?/m0/s1. The van der Waals surface area contributed by atoms with E-state index in [9.17, 15) is 27.0 Å². The Morgan fingerprint density at radius 1 is 1.09 bits per heavy atom. The lowest BCUT2D eigenvalue weighted by Gasteiger charge is -2.22. The van der Waals surface area contributed by atoms with E-state index >= 15 is 0 Å². The second-order valence-electron chi connectivity index (χ2n) is 7.62. The van der Waals surface area contributed by atoms with Crippen LogP contribution in [-0.4, -0.2) is 52.0 Å². The number of aliphatic carboxylic acids is 1. The Labute approximate surface area is 190 Å². The number of hydrogen-bond acceptors (Lipinski definition) is 5. The summed E-state index contributed by atoms with van der Waals surface area (Å²) in [7, 11) is -1.92. The van der Waals surface area contributed by atoms with Crippen LogP contribution < -0.4 is 11.1 Å². The number of carbonyl (C=O) groups excluding carboxylic acids is 1. The normalized spacial score (nSPS) is 15.3. The van der Waals surface area contributed by atoms with Crippen molar-refractivity contribution in [2.24, 2.45) is 5.73 Å². The van der Waals surface area contributed by atoms with Crippen molar-refractivity contribution >= 4 is 21.6 Å². The van der Waals surface area contributed by atoms with Gasteiger partial charge in [-0.05, 0) is 41.7 Å². The zero-order valence-electron chi connectivity index (χ0n) is 17.9. The van der Waals surface area contributed by atoms with Gasteiger partial charge in [0.2, 0.25) is 0 Å². The van der Waals surface area contributed by atoms with E-state index in [0.717, 1.165) is 0 Å². The van der Waals surface area contributed by atoms with Crippen molar-refractivity contribution in [2.45, 2.75) is 31.0 Å². The summed E-state index contributed by atoms with van der Waals surface area (Å²) >= 11 is 0. The van der Waals surface area contributed by atoms with Gasteiger partial charge in [0.25, 0.3) is 5.91 Å². The molecular weight excluding hydrogens is 459 g/mol. The third-order valence-corrected chi connectivity index (χ3v) is 7.00. The molecule has 11 heteroatoms. The van der Waals surface area contributed by atoms with Crippen LogP contribution in [-0.2, 0) is 14.5 Å². The van der Waals surface area contributed by atoms with Gasteiger partial charge in [0.05, 0.1) is 5.92 Å². The first-order chi connectivity index (χ1) is 15.3. The maximum Gasteiger partial charge on any atom is 0.395 e. The Balaban J connectivity index is 2.18. The molecule has 180 valence electrons. The third-order valence-electron chi connectivity index (χ3n) is 5.21. The minimum Gasteiger partial charge on any atom is -0.480 e. The van der Waals surface area contributed by atoms with Crippen LogP contribution in [0.25, 0.3) is 11.1 Å². The minimum atomic E-state index is -4.62. The maximum absolute atomic E-state index is 13.7. The molecule has 2 rings (SSSR count). The highest BCUT2D eigenvalue weighted by Gasteiger charge is 2.40. The molecule has 33 heavy (non-hydrogen) atoms. The van der Waals surface area contributed by atoms with Crippen LogP contribution >= 0.6 is 0 Å². The van der Waals surface area contributed by atoms with Crippen LogP contribution in [0.3, 0.4) is 0 Å². The highest BCUT2D eigenvalue weighted by atomic mass is 32.2. The molecule has 2 aromatic carbocycles. The fourth-order valence-corrected chi connectivity index (χ4v) is 4.72. The first-order valence-electron chi connectivity index (χ1n) is 10.1. The molecule has 0 aliphatic carbocycles. The second-order valence-corrected chi connectivity index (χ2v) is 10.1. The number of halogens is 3. The molecule has 2 unspecified atom stereocenters. The van der Waals surface area contributed by atoms with E-state index < -0.39 is 46.0 Å². The zero-order valence-corrected chi connectivity index (χ0v) is 18.7. The van der Waals surface area contributed by atoms with E-state index in [0.29, 0.717) is 16.7 Å². The summed E-state index contributed by atoms with van der Waals surface area (Å²) in [5, 5.41) is 11.3. The number of carboxylic acid groups (broad SMARTS) is 1. The number of benzene rings is 2. The summed E-state index contributed by atoms with van der Waals surface area (Å²) in [6.45, 7) is 0. The van der Waals surface area contributed by atoms with Crippen molar-refractivity contribution in [1.29, 1.82) is 4.78 Å². The molecule has 0 bridgehead atoms. The smallest absolute Gasteiger partial charge is 0.395 e. The number of hydrogen-bond donors (Lipinski definition) is 4. The maximum atomic E-state index is 13.7. The van der Waals surface area contributed by atoms with Crippen LogP contribution in [0.2, 0.25) is 0 Å². The van der Waals surface area contributed by atoms with Crippen molar-refractivity contribution in [1.82, 2.24) is 5.32 Å². The Hall–Kier alpha value is -2.92. The van der Waals surface area contributed by atoms with Gasteiger partial charge < -0.3 is 16.2 Å². The van der Waals surface area contributed by atoms with Gasteiger partial charge in [-0.1, -0.05) is 36.4 Å². The molecule has 7 nitrogen and oxygen atoms in total. The number of carbonyl (C=O) groups is 2. The number of amides is 1. The lowest BCUT2D eigenvalue weighted by molar-refractivity contribution is -0.150. The molecule has 3 atom stereocenters. The number of alkyl halides is 3. The number of carboxylic acids is 1. The quantitative estimate of drug-likeness (QED) is 0.408. The lowest BCUT2D eigenvalue weighted by Crippen LogP contribution is -2.32. The van der Waals surface area contributed by atoms with Gasteiger partial charge in [-0.2, -0.15) is 13.2 Å². The van der Waals surface area contributed by atoms with E-state index in [2.05, 4.69) is 5.32 Å². The van der Waals surface area contributed by atoms with Gasteiger partial charge in [0, 0.05) is 33.8 Å². The minimum absolute atomic E-state index is 0.0360. The average Bonchev–Trinajstić information content (AvgIpc) is 2.76. The number of nitrogens with one attached hydrogen (secondary N) is 2. The van der Waals surface area contributed by atoms with Crippen molar-refractivity contribution in [3.05, 3.63) is 59.7 Å². The highest BCUT2D eigenvalue weighted by molar-refractivity contribution is 7.92. The lowest BCUT2D eigenvalue weighted by atomic mass is 9.93. The van der Waals surface area contributed by atoms with Gasteiger partial charge in [-0.3, -0.25) is 14.4 Å². The van der Waals surface area contributed by atoms with E-state index in [1.54, 1.807) is 24.3 Å². The Morgan fingerprint density at radius 3 is 2.24 bits per heavy atom. The summed E-state index contributed by atoms with van der Waals surface area (Å²) in [6, 6.07) is 11.0. The molecule has 5 N–H and O–H groups in total. The SMILES string of the molecule is CNC(=O)c1cccc(-c2ccc(C(CCS(=N)(=O)CC[C@H](N)C(=O)O)C(F)(F)F)cc2)c1. The van der Waals surface area contributed by atoms with Crippen LogP contribution in [0, 0.1) is 4.78 Å².